The summed E-state index contributed by atoms with van der Waals surface area (Å²) in [5.41, 5.74) is 5.80. The van der Waals surface area contributed by atoms with Crippen molar-refractivity contribution in [3.05, 3.63) is 18.6 Å². The summed E-state index contributed by atoms with van der Waals surface area (Å²) in [4.78, 5) is 25.2. The molecule has 1 aliphatic heterocycles. The molecule has 1 saturated carbocycles. The maximum Gasteiger partial charge on any atom is 0.226 e. The van der Waals surface area contributed by atoms with Crippen LogP contribution in [0.1, 0.15) is 19.3 Å². The zero-order valence-electron chi connectivity index (χ0n) is 13.1. The minimum Gasteiger partial charge on any atom is -0.352 e. The van der Waals surface area contributed by atoms with Crippen molar-refractivity contribution in [3.8, 4) is 0 Å². The van der Waals surface area contributed by atoms with E-state index in [-0.39, 0.29) is 30.7 Å². The summed E-state index contributed by atoms with van der Waals surface area (Å²) < 4.78 is 0. The minimum absolute atomic E-state index is 0. The van der Waals surface area contributed by atoms with Crippen LogP contribution in [-0.4, -0.2) is 53.5 Å². The highest BCUT2D eigenvalue weighted by Gasteiger charge is 2.35. The third-order valence-electron chi connectivity index (χ3n) is 4.74. The first kappa shape index (κ1) is 19.9. The van der Waals surface area contributed by atoms with Gasteiger partial charge in [0.05, 0.1) is 6.20 Å². The Labute approximate surface area is 149 Å². The minimum atomic E-state index is 0. The van der Waals surface area contributed by atoms with E-state index in [0.717, 1.165) is 51.3 Å². The summed E-state index contributed by atoms with van der Waals surface area (Å²) in [5.74, 6) is 1.74. The second kappa shape index (κ2) is 9.25. The molecule has 0 aromatic carbocycles. The lowest BCUT2D eigenvalue weighted by atomic mass is 9.94. The number of piperazine rings is 1. The summed E-state index contributed by atoms with van der Waals surface area (Å²) in [6, 6.07) is 0. The Balaban J connectivity index is 0.00000132. The zero-order chi connectivity index (χ0) is 14.7. The van der Waals surface area contributed by atoms with Gasteiger partial charge in [0.1, 0.15) is 5.82 Å². The van der Waals surface area contributed by atoms with Crippen LogP contribution in [0.2, 0.25) is 0 Å². The molecule has 2 aliphatic rings. The molecule has 3 rings (SSSR count). The smallest absolute Gasteiger partial charge is 0.226 e. The van der Waals surface area contributed by atoms with E-state index in [1.165, 1.54) is 0 Å². The lowest BCUT2D eigenvalue weighted by molar-refractivity contribution is -0.136. The van der Waals surface area contributed by atoms with Gasteiger partial charge >= 0.3 is 0 Å². The van der Waals surface area contributed by atoms with Crippen LogP contribution in [-0.2, 0) is 4.79 Å². The fraction of sp³-hybridized carbons (Fsp3) is 0.667. The molecule has 2 fully saturated rings. The van der Waals surface area contributed by atoms with Gasteiger partial charge in [0, 0.05) is 44.5 Å². The number of hydrogen-bond donors (Lipinski definition) is 1. The van der Waals surface area contributed by atoms with Crippen LogP contribution in [0.5, 0.6) is 0 Å². The summed E-state index contributed by atoms with van der Waals surface area (Å²) in [6.07, 6.45) is 8.40. The largest absolute Gasteiger partial charge is 0.352 e. The summed E-state index contributed by atoms with van der Waals surface area (Å²) in [6.45, 7) is 3.82. The number of anilines is 1. The summed E-state index contributed by atoms with van der Waals surface area (Å²) in [5, 5.41) is 0. The van der Waals surface area contributed by atoms with Gasteiger partial charge in [-0.2, -0.15) is 0 Å². The standard InChI is InChI=1S/C15H23N5O.2ClH/c16-10-12-2-1-3-13(12)15(21)20-8-6-19(7-9-20)14-11-17-4-5-18-14;;/h4-5,11-13H,1-3,6-10,16H2;2*1H/t12-,13-;;/m1../s1. The van der Waals surface area contributed by atoms with Crippen LogP contribution in [0, 0.1) is 11.8 Å². The molecule has 2 heterocycles. The number of aromatic nitrogens is 2. The molecule has 1 aliphatic carbocycles. The third-order valence-corrected chi connectivity index (χ3v) is 4.74. The molecule has 1 aromatic rings. The lowest BCUT2D eigenvalue weighted by Gasteiger charge is -2.37. The van der Waals surface area contributed by atoms with Crippen LogP contribution < -0.4 is 10.6 Å². The van der Waals surface area contributed by atoms with Crippen molar-refractivity contribution >= 4 is 36.5 Å². The molecular formula is C15H25Cl2N5O. The van der Waals surface area contributed by atoms with Crippen LogP contribution in [0.4, 0.5) is 5.82 Å². The van der Waals surface area contributed by atoms with Gasteiger partial charge < -0.3 is 15.5 Å². The van der Waals surface area contributed by atoms with Gasteiger partial charge in [-0.3, -0.25) is 9.78 Å². The number of hydrogen-bond acceptors (Lipinski definition) is 5. The van der Waals surface area contributed by atoms with Gasteiger partial charge in [-0.25, -0.2) is 4.98 Å². The molecule has 2 N–H and O–H groups in total. The Morgan fingerprint density at radius 2 is 1.91 bits per heavy atom. The normalized spacial score (nSPS) is 23.9. The summed E-state index contributed by atoms with van der Waals surface area (Å²) in [7, 11) is 0. The number of rotatable bonds is 3. The van der Waals surface area contributed by atoms with E-state index >= 15 is 0 Å². The number of nitrogens with two attached hydrogens (primary N) is 1. The van der Waals surface area contributed by atoms with Gasteiger partial charge in [-0.1, -0.05) is 6.42 Å². The predicted octanol–water partition coefficient (Wildman–Crippen LogP) is 1.34. The first-order valence-corrected chi connectivity index (χ1v) is 7.79. The zero-order valence-corrected chi connectivity index (χ0v) is 14.8. The molecule has 0 spiro atoms. The van der Waals surface area contributed by atoms with Crippen molar-refractivity contribution in [1.82, 2.24) is 14.9 Å². The van der Waals surface area contributed by atoms with Crippen LogP contribution >= 0.6 is 24.8 Å². The van der Waals surface area contributed by atoms with Crippen LogP contribution in [0.15, 0.2) is 18.6 Å². The van der Waals surface area contributed by atoms with Crippen molar-refractivity contribution in [1.29, 1.82) is 0 Å². The fourth-order valence-electron chi connectivity index (χ4n) is 3.49. The highest BCUT2D eigenvalue weighted by Crippen LogP contribution is 2.32. The van der Waals surface area contributed by atoms with Gasteiger partial charge in [-0.15, -0.1) is 24.8 Å². The quantitative estimate of drug-likeness (QED) is 0.878. The Morgan fingerprint density at radius 1 is 1.17 bits per heavy atom. The van der Waals surface area contributed by atoms with Crippen molar-refractivity contribution in [2.75, 3.05) is 37.6 Å². The van der Waals surface area contributed by atoms with Crippen LogP contribution in [0.3, 0.4) is 0 Å². The lowest BCUT2D eigenvalue weighted by Crippen LogP contribution is -2.51. The van der Waals surface area contributed by atoms with E-state index < -0.39 is 0 Å². The predicted molar refractivity (Wildman–Crippen MR) is 95.2 cm³/mol. The van der Waals surface area contributed by atoms with Crippen molar-refractivity contribution in [2.45, 2.75) is 19.3 Å². The van der Waals surface area contributed by atoms with Gasteiger partial charge in [0.2, 0.25) is 5.91 Å². The highest BCUT2D eigenvalue weighted by molar-refractivity contribution is 5.85. The van der Waals surface area contributed by atoms with Crippen molar-refractivity contribution in [2.24, 2.45) is 17.6 Å². The number of carbonyl (C=O) groups is 1. The maximum atomic E-state index is 12.6. The van der Waals surface area contributed by atoms with Crippen molar-refractivity contribution < 1.29 is 4.79 Å². The second-order valence-electron chi connectivity index (χ2n) is 5.91. The van der Waals surface area contributed by atoms with Crippen molar-refractivity contribution in [3.63, 3.8) is 0 Å². The molecule has 1 aromatic heterocycles. The number of carbonyl (C=O) groups excluding carboxylic acids is 1. The molecule has 0 radical (unpaired) electrons. The van der Waals surface area contributed by atoms with E-state index in [4.69, 9.17) is 5.73 Å². The first-order chi connectivity index (χ1) is 10.3. The third kappa shape index (κ3) is 4.46. The fourth-order valence-corrected chi connectivity index (χ4v) is 3.49. The number of amides is 1. The monoisotopic (exact) mass is 361 g/mol. The van der Waals surface area contributed by atoms with Crippen LogP contribution in [0.25, 0.3) is 0 Å². The maximum absolute atomic E-state index is 12.6. The highest BCUT2D eigenvalue weighted by atomic mass is 35.5. The molecule has 6 nitrogen and oxygen atoms in total. The molecule has 23 heavy (non-hydrogen) atoms. The second-order valence-corrected chi connectivity index (χ2v) is 5.91. The van der Waals surface area contributed by atoms with E-state index in [2.05, 4.69) is 14.9 Å². The first-order valence-electron chi connectivity index (χ1n) is 7.79. The molecular weight excluding hydrogens is 337 g/mol. The van der Waals surface area contributed by atoms with E-state index in [1.807, 2.05) is 4.90 Å². The Hall–Kier alpha value is -1.11. The Kier molecular flexibility index (Phi) is 8.02. The van der Waals surface area contributed by atoms with Gasteiger partial charge in [0.25, 0.3) is 0 Å². The van der Waals surface area contributed by atoms with E-state index in [1.54, 1.807) is 18.6 Å². The Morgan fingerprint density at radius 3 is 2.52 bits per heavy atom. The average Bonchev–Trinajstić information content (AvgIpc) is 3.04. The molecule has 0 unspecified atom stereocenters. The molecule has 1 amide bonds. The summed E-state index contributed by atoms with van der Waals surface area (Å²) >= 11 is 0. The average molecular weight is 362 g/mol. The molecule has 8 heteroatoms. The number of halogens is 2. The molecule has 130 valence electrons. The molecule has 0 bridgehead atoms. The topological polar surface area (TPSA) is 75.4 Å². The number of nitrogens with zero attached hydrogens (tertiary/aromatic N) is 4. The SMILES string of the molecule is Cl.Cl.NC[C@H]1CCC[C@H]1C(=O)N1CCN(c2cnccn2)CC1. The van der Waals surface area contributed by atoms with E-state index in [0.29, 0.717) is 18.4 Å². The molecule has 2 atom stereocenters. The van der Waals surface area contributed by atoms with Gasteiger partial charge in [0.15, 0.2) is 0 Å². The molecule has 1 saturated heterocycles. The van der Waals surface area contributed by atoms with Gasteiger partial charge in [-0.05, 0) is 25.3 Å². The van der Waals surface area contributed by atoms with E-state index in [9.17, 15) is 4.79 Å². The Bertz CT molecular complexity index is 482.